The maximum Gasteiger partial charge on any atom is 0.416 e. The van der Waals surface area contributed by atoms with E-state index in [4.69, 9.17) is 0 Å². The number of hydrogen-bond donors (Lipinski definition) is 0. The van der Waals surface area contributed by atoms with Gasteiger partial charge in [-0.05, 0) is 38.0 Å². The molecule has 1 aromatic heterocycles. The first kappa shape index (κ1) is 16.9. The number of aryl methyl sites for hydroxylation is 1. The van der Waals surface area contributed by atoms with E-state index in [0.717, 1.165) is 35.0 Å². The summed E-state index contributed by atoms with van der Waals surface area (Å²) in [5.41, 5.74) is -0.736. The molecule has 0 aliphatic carbocycles. The fourth-order valence-corrected chi connectivity index (χ4v) is 3.68. The Balaban J connectivity index is 1.77. The largest absolute Gasteiger partial charge is 0.416 e. The van der Waals surface area contributed by atoms with Gasteiger partial charge in [0.15, 0.2) is 0 Å². The summed E-state index contributed by atoms with van der Waals surface area (Å²) < 4.78 is 38.5. The summed E-state index contributed by atoms with van der Waals surface area (Å²) in [6, 6.07) is 4.59. The smallest absolute Gasteiger partial charge is 0.338 e. The summed E-state index contributed by atoms with van der Waals surface area (Å²) in [6.45, 7) is 2.88. The van der Waals surface area contributed by atoms with Crippen molar-refractivity contribution in [2.75, 3.05) is 13.1 Å². The van der Waals surface area contributed by atoms with Gasteiger partial charge in [-0.2, -0.15) is 13.2 Å². The monoisotopic (exact) mass is 355 g/mol. The summed E-state index contributed by atoms with van der Waals surface area (Å²) in [4.78, 5) is 14.2. The van der Waals surface area contributed by atoms with Crippen LogP contribution in [0.3, 0.4) is 0 Å². The number of aromatic nitrogens is 2. The fraction of sp³-hybridized carbons (Fsp3) is 0.438. The zero-order chi connectivity index (χ0) is 17.3. The first-order valence-electron chi connectivity index (χ1n) is 7.61. The minimum atomic E-state index is -4.45. The second kappa shape index (κ2) is 6.51. The van der Waals surface area contributed by atoms with Crippen molar-refractivity contribution in [3.8, 4) is 0 Å². The Labute approximate surface area is 141 Å². The molecule has 1 unspecified atom stereocenters. The van der Waals surface area contributed by atoms with Crippen LogP contribution in [0.4, 0.5) is 13.2 Å². The number of alkyl halides is 3. The van der Waals surface area contributed by atoms with Gasteiger partial charge in [0.1, 0.15) is 10.0 Å². The van der Waals surface area contributed by atoms with E-state index in [-0.39, 0.29) is 17.4 Å². The molecule has 1 aromatic carbocycles. The predicted octanol–water partition coefficient (Wildman–Crippen LogP) is 3.89. The normalized spacial score (nSPS) is 18.7. The van der Waals surface area contributed by atoms with Gasteiger partial charge in [0.2, 0.25) is 0 Å². The molecular weight excluding hydrogens is 339 g/mol. The average molecular weight is 355 g/mol. The Hall–Kier alpha value is -1.96. The standard InChI is InChI=1S/C16H16F3N3OS/c1-10-20-21-14(24-10)12-5-3-7-22(9-12)15(23)11-4-2-6-13(8-11)16(17,18)19/h2,4,6,8,12H,3,5,7,9H2,1H3. The van der Waals surface area contributed by atoms with Crippen molar-refractivity contribution in [3.05, 3.63) is 45.4 Å². The van der Waals surface area contributed by atoms with Crippen molar-refractivity contribution in [2.45, 2.75) is 31.9 Å². The zero-order valence-electron chi connectivity index (χ0n) is 13.0. The molecule has 0 radical (unpaired) electrons. The minimum Gasteiger partial charge on any atom is -0.338 e. The van der Waals surface area contributed by atoms with E-state index in [9.17, 15) is 18.0 Å². The number of halogens is 3. The van der Waals surface area contributed by atoms with Crippen molar-refractivity contribution >= 4 is 17.2 Å². The van der Waals surface area contributed by atoms with Crippen molar-refractivity contribution in [1.29, 1.82) is 0 Å². The average Bonchev–Trinajstić information content (AvgIpc) is 3.00. The van der Waals surface area contributed by atoms with E-state index in [1.165, 1.54) is 23.5 Å². The third-order valence-electron chi connectivity index (χ3n) is 4.04. The van der Waals surface area contributed by atoms with Gasteiger partial charge in [-0.25, -0.2) is 0 Å². The van der Waals surface area contributed by atoms with Gasteiger partial charge >= 0.3 is 6.18 Å². The molecule has 2 aromatic rings. The Morgan fingerprint density at radius 2 is 2.12 bits per heavy atom. The molecule has 4 nitrogen and oxygen atoms in total. The number of likely N-dealkylation sites (tertiary alicyclic amines) is 1. The minimum absolute atomic E-state index is 0.0684. The predicted molar refractivity (Wildman–Crippen MR) is 84.0 cm³/mol. The van der Waals surface area contributed by atoms with Gasteiger partial charge in [-0.3, -0.25) is 4.79 Å². The quantitative estimate of drug-likeness (QED) is 0.821. The van der Waals surface area contributed by atoms with Gasteiger partial charge in [0.05, 0.1) is 5.56 Å². The highest BCUT2D eigenvalue weighted by Crippen LogP contribution is 2.32. The number of carbonyl (C=O) groups is 1. The number of piperidine rings is 1. The molecule has 8 heteroatoms. The second-order valence-corrected chi connectivity index (χ2v) is 7.04. The van der Waals surface area contributed by atoms with Gasteiger partial charge in [-0.1, -0.05) is 6.07 Å². The maximum absolute atomic E-state index is 12.8. The molecule has 128 valence electrons. The topological polar surface area (TPSA) is 46.1 Å². The molecule has 0 saturated carbocycles. The Bertz CT molecular complexity index is 744. The molecule has 0 N–H and O–H groups in total. The van der Waals surface area contributed by atoms with E-state index < -0.39 is 11.7 Å². The molecule has 1 fully saturated rings. The van der Waals surface area contributed by atoms with Crippen molar-refractivity contribution in [2.24, 2.45) is 0 Å². The molecule has 1 amide bonds. The molecule has 0 bridgehead atoms. The molecule has 1 atom stereocenters. The molecule has 0 spiro atoms. The van der Waals surface area contributed by atoms with Crippen LogP contribution in [0.2, 0.25) is 0 Å². The van der Waals surface area contributed by atoms with Crippen molar-refractivity contribution in [1.82, 2.24) is 15.1 Å². The number of nitrogens with zero attached hydrogens (tertiary/aromatic N) is 3. The fourth-order valence-electron chi connectivity index (χ4n) is 2.85. The molecule has 24 heavy (non-hydrogen) atoms. The number of hydrogen-bond acceptors (Lipinski definition) is 4. The van der Waals surface area contributed by atoms with Gasteiger partial charge in [0, 0.05) is 24.6 Å². The molecule has 3 rings (SSSR count). The second-order valence-electron chi connectivity index (χ2n) is 5.83. The van der Waals surface area contributed by atoms with Crippen LogP contribution in [0.25, 0.3) is 0 Å². The number of benzene rings is 1. The van der Waals surface area contributed by atoms with Crippen molar-refractivity contribution < 1.29 is 18.0 Å². The Morgan fingerprint density at radius 1 is 1.33 bits per heavy atom. The third kappa shape index (κ3) is 3.58. The summed E-state index contributed by atoms with van der Waals surface area (Å²) >= 11 is 1.50. The number of amides is 1. The lowest BCUT2D eigenvalue weighted by atomic mass is 9.98. The van der Waals surface area contributed by atoms with E-state index in [0.29, 0.717) is 13.1 Å². The van der Waals surface area contributed by atoms with Gasteiger partial charge < -0.3 is 4.90 Å². The Morgan fingerprint density at radius 3 is 2.79 bits per heavy atom. The number of carbonyl (C=O) groups excluding carboxylic acids is 1. The summed E-state index contributed by atoms with van der Waals surface area (Å²) in [5.74, 6) is -0.272. The molecule has 1 saturated heterocycles. The summed E-state index contributed by atoms with van der Waals surface area (Å²) in [6.07, 6.45) is -2.75. The third-order valence-corrected chi connectivity index (χ3v) is 5.04. The molecular formula is C16H16F3N3OS. The van der Waals surface area contributed by atoms with Gasteiger partial charge in [-0.15, -0.1) is 21.5 Å². The maximum atomic E-state index is 12.8. The molecule has 1 aliphatic heterocycles. The highest BCUT2D eigenvalue weighted by atomic mass is 32.1. The highest BCUT2D eigenvalue weighted by Gasteiger charge is 2.32. The first-order valence-corrected chi connectivity index (χ1v) is 8.43. The van der Waals surface area contributed by atoms with Crippen LogP contribution in [0.15, 0.2) is 24.3 Å². The van der Waals surface area contributed by atoms with E-state index in [1.807, 2.05) is 6.92 Å². The number of rotatable bonds is 2. The lowest BCUT2D eigenvalue weighted by molar-refractivity contribution is -0.137. The van der Waals surface area contributed by atoms with Crippen LogP contribution in [0.1, 0.15) is 44.7 Å². The van der Waals surface area contributed by atoms with Crippen LogP contribution >= 0.6 is 11.3 Å². The first-order chi connectivity index (χ1) is 11.3. The van der Waals surface area contributed by atoms with Crippen LogP contribution < -0.4 is 0 Å². The lowest BCUT2D eigenvalue weighted by Crippen LogP contribution is -2.39. The van der Waals surface area contributed by atoms with Crippen LogP contribution in [0.5, 0.6) is 0 Å². The summed E-state index contributed by atoms with van der Waals surface area (Å²) in [5, 5.41) is 9.88. The van der Waals surface area contributed by atoms with E-state index in [1.54, 1.807) is 4.90 Å². The lowest BCUT2D eigenvalue weighted by Gasteiger charge is -2.31. The van der Waals surface area contributed by atoms with Crippen LogP contribution in [-0.2, 0) is 6.18 Å². The van der Waals surface area contributed by atoms with Crippen LogP contribution in [0, 0.1) is 6.92 Å². The zero-order valence-corrected chi connectivity index (χ0v) is 13.8. The van der Waals surface area contributed by atoms with E-state index >= 15 is 0 Å². The summed E-state index contributed by atoms with van der Waals surface area (Å²) in [7, 11) is 0. The van der Waals surface area contributed by atoms with Crippen LogP contribution in [-0.4, -0.2) is 34.1 Å². The SMILES string of the molecule is Cc1nnc(C2CCCN(C(=O)c3cccc(C(F)(F)F)c3)C2)s1. The Kier molecular flexibility index (Phi) is 4.58. The van der Waals surface area contributed by atoms with Crippen molar-refractivity contribution in [3.63, 3.8) is 0 Å². The molecule has 1 aliphatic rings. The highest BCUT2D eigenvalue weighted by molar-refractivity contribution is 7.11. The molecule has 2 heterocycles. The van der Waals surface area contributed by atoms with E-state index in [2.05, 4.69) is 10.2 Å². The van der Waals surface area contributed by atoms with Gasteiger partial charge in [0.25, 0.3) is 5.91 Å².